The van der Waals surface area contributed by atoms with Crippen molar-refractivity contribution in [1.29, 1.82) is 0 Å². The number of rotatable bonds is 4. The van der Waals surface area contributed by atoms with Gasteiger partial charge in [0.1, 0.15) is 6.04 Å². The predicted molar refractivity (Wildman–Crippen MR) is 98.2 cm³/mol. The second-order valence-electron chi connectivity index (χ2n) is 6.12. The maximum absolute atomic E-state index is 12.4. The molecule has 128 valence electrons. The summed E-state index contributed by atoms with van der Waals surface area (Å²) in [6.07, 6.45) is 4.25. The Balaban J connectivity index is 1.68. The van der Waals surface area contributed by atoms with Crippen molar-refractivity contribution in [1.82, 2.24) is 4.57 Å². The zero-order chi connectivity index (χ0) is 17.3. The van der Waals surface area contributed by atoms with Crippen molar-refractivity contribution >= 4 is 46.4 Å². The van der Waals surface area contributed by atoms with E-state index in [9.17, 15) is 4.79 Å². The number of quaternary nitrogens is 1. The van der Waals surface area contributed by atoms with Gasteiger partial charge in [0, 0.05) is 26.1 Å². The second kappa shape index (κ2) is 7.36. The molecule has 3 rings (SSSR count). The summed E-state index contributed by atoms with van der Waals surface area (Å²) in [5, 5.41) is 3.96. The lowest BCUT2D eigenvalue weighted by Gasteiger charge is -2.22. The third-order valence-electron chi connectivity index (χ3n) is 4.50. The number of hydrogen-bond acceptors (Lipinski definition) is 1. The van der Waals surface area contributed by atoms with Crippen molar-refractivity contribution in [2.45, 2.75) is 18.9 Å². The van der Waals surface area contributed by atoms with Gasteiger partial charge in [-0.25, -0.2) is 0 Å². The number of aryl methyl sites for hydroxylation is 1. The number of aromatic nitrogens is 1. The first-order chi connectivity index (χ1) is 11.5. The minimum Gasteiger partial charge on any atom is -0.350 e. The molecular weight excluding hydrogens is 369 g/mol. The number of benzene rings is 1. The van der Waals surface area contributed by atoms with Crippen LogP contribution in [-0.2, 0) is 11.8 Å². The summed E-state index contributed by atoms with van der Waals surface area (Å²) in [4.78, 5) is 13.7. The Morgan fingerprint density at radius 1 is 1.29 bits per heavy atom. The Morgan fingerprint density at radius 3 is 2.75 bits per heavy atom. The third-order valence-corrected chi connectivity index (χ3v) is 5.53. The van der Waals surface area contributed by atoms with Crippen LogP contribution in [0.1, 0.15) is 24.6 Å². The molecule has 1 aliphatic rings. The molecule has 2 aromatic rings. The SMILES string of the molecule is Cn1cccc1[C@@H]1CCC[NH+]1CC(=O)Nc1cc(Cl)c(Cl)cc1Cl. The lowest BCUT2D eigenvalue weighted by Crippen LogP contribution is -3.11. The van der Waals surface area contributed by atoms with Gasteiger partial charge in [-0.1, -0.05) is 34.8 Å². The number of nitrogens with one attached hydrogen (secondary N) is 2. The summed E-state index contributed by atoms with van der Waals surface area (Å²) >= 11 is 18.0. The first-order valence-corrected chi connectivity index (χ1v) is 8.99. The van der Waals surface area contributed by atoms with Crippen LogP contribution in [0.15, 0.2) is 30.5 Å². The predicted octanol–water partition coefficient (Wildman–Crippen LogP) is 3.34. The highest BCUT2D eigenvalue weighted by Crippen LogP contribution is 2.32. The van der Waals surface area contributed by atoms with Gasteiger partial charge in [0.2, 0.25) is 0 Å². The quantitative estimate of drug-likeness (QED) is 0.776. The largest absolute Gasteiger partial charge is 0.350 e. The van der Waals surface area contributed by atoms with Gasteiger partial charge < -0.3 is 14.8 Å². The summed E-state index contributed by atoms with van der Waals surface area (Å²) in [6.45, 7) is 1.38. The van der Waals surface area contributed by atoms with E-state index < -0.39 is 0 Å². The zero-order valence-corrected chi connectivity index (χ0v) is 15.5. The fraction of sp³-hybridized carbons (Fsp3) is 0.353. The van der Waals surface area contributed by atoms with Gasteiger partial charge in [-0.15, -0.1) is 0 Å². The van der Waals surface area contributed by atoms with Crippen LogP contribution in [0, 0.1) is 0 Å². The first kappa shape index (κ1) is 17.6. The van der Waals surface area contributed by atoms with Crippen LogP contribution < -0.4 is 10.2 Å². The van der Waals surface area contributed by atoms with Crippen molar-refractivity contribution in [2.24, 2.45) is 7.05 Å². The molecule has 2 N–H and O–H groups in total. The number of nitrogens with zero attached hydrogens (tertiary/aromatic N) is 1. The van der Waals surface area contributed by atoms with E-state index in [2.05, 4.69) is 16.0 Å². The van der Waals surface area contributed by atoms with E-state index in [1.165, 1.54) is 16.7 Å². The van der Waals surface area contributed by atoms with Crippen molar-refractivity contribution in [3.63, 3.8) is 0 Å². The summed E-state index contributed by atoms with van der Waals surface area (Å²) in [6, 6.07) is 7.64. The number of amides is 1. The lowest BCUT2D eigenvalue weighted by molar-refractivity contribution is -0.910. The summed E-state index contributed by atoms with van der Waals surface area (Å²) in [5.41, 5.74) is 1.76. The van der Waals surface area contributed by atoms with Crippen LogP contribution in [0.4, 0.5) is 5.69 Å². The van der Waals surface area contributed by atoms with Gasteiger partial charge in [0.15, 0.2) is 6.54 Å². The molecule has 1 fully saturated rings. The van der Waals surface area contributed by atoms with Gasteiger partial charge in [-0.3, -0.25) is 4.79 Å². The van der Waals surface area contributed by atoms with Gasteiger partial charge in [-0.2, -0.15) is 0 Å². The van der Waals surface area contributed by atoms with Crippen LogP contribution in [0.2, 0.25) is 15.1 Å². The van der Waals surface area contributed by atoms with Crippen LogP contribution in [0.25, 0.3) is 0 Å². The van der Waals surface area contributed by atoms with Crippen molar-refractivity contribution in [2.75, 3.05) is 18.4 Å². The molecule has 1 unspecified atom stereocenters. The molecule has 0 radical (unpaired) electrons. The molecule has 1 saturated heterocycles. The second-order valence-corrected chi connectivity index (χ2v) is 7.34. The smallest absolute Gasteiger partial charge is 0.279 e. The molecule has 24 heavy (non-hydrogen) atoms. The third kappa shape index (κ3) is 3.72. The Morgan fingerprint density at radius 2 is 2.04 bits per heavy atom. The Bertz CT molecular complexity index is 760. The van der Waals surface area contributed by atoms with E-state index in [4.69, 9.17) is 34.8 Å². The molecule has 0 saturated carbocycles. The molecular formula is C17H19Cl3N3O+. The average molecular weight is 388 g/mol. The highest BCUT2D eigenvalue weighted by atomic mass is 35.5. The number of halogens is 3. The molecule has 4 nitrogen and oxygen atoms in total. The van der Waals surface area contributed by atoms with E-state index in [1.807, 2.05) is 19.3 Å². The minimum atomic E-state index is -0.0774. The van der Waals surface area contributed by atoms with E-state index in [-0.39, 0.29) is 5.91 Å². The molecule has 0 spiro atoms. The van der Waals surface area contributed by atoms with Gasteiger partial charge in [-0.05, 0) is 24.3 Å². The standard InChI is InChI=1S/C17H18Cl3N3O/c1-22-6-2-4-15(22)16-5-3-7-23(16)10-17(24)21-14-9-12(19)11(18)8-13(14)20/h2,4,6,8-9,16H,3,5,7,10H2,1H3,(H,21,24)/p+1/t16-/m0/s1. The highest BCUT2D eigenvalue weighted by molar-refractivity contribution is 6.44. The summed E-state index contributed by atoms with van der Waals surface area (Å²) in [5.74, 6) is -0.0774. The van der Waals surface area contributed by atoms with Gasteiger partial charge in [0.25, 0.3) is 5.91 Å². The molecule has 0 aliphatic carbocycles. The molecule has 7 heteroatoms. The minimum absolute atomic E-state index is 0.0774. The lowest BCUT2D eigenvalue weighted by atomic mass is 10.1. The molecule has 1 aromatic carbocycles. The number of hydrogen-bond donors (Lipinski definition) is 2. The molecule has 1 aliphatic heterocycles. The van der Waals surface area contributed by atoms with E-state index in [0.717, 1.165) is 19.4 Å². The van der Waals surface area contributed by atoms with Crippen LogP contribution in [0.5, 0.6) is 0 Å². The normalized spacial score (nSPS) is 20.3. The summed E-state index contributed by atoms with van der Waals surface area (Å²) in [7, 11) is 2.04. The average Bonchev–Trinajstić information content (AvgIpc) is 3.13. The molecule has 2 heterocycles. The Kier molecular flexibility index (Phi) is 5.40. The molecule has 1 amide bonds. The topological polar surface area (TPSA) is 38.5 Å². The molecule has 1 aromatic heterocycles. The Labute approximate surface area is 156 Å². The van der Waals surface area contributed by atoms with Crippen molar-refractivity contribution in [3.05, 3.63) is 51.2 Å². The Hall–Kier alpha value is -1.20. The van der Waals surface area contributed by atoms with E-state index in [1.54, 1.807) is 6.07 Å². The van der Waals surface area contributed by atoms with Crippen LogP contribution in [0.3, 0.4) is 0 Å². The van der Waals surface area contributed by atoms with Crippen molar-refractivity contribution in [3.8, 4) is 0 Å². The van der Waals surface area contributed by atoms with Crippen LogP contribution >= 0.6 is 34.8 Å². The fourth-order valence-electron chi connectivity index (χ4n) is 3.34. The van der Waals surface area contributed by atoms with Crippen LogP contribution in [-0.4, -0.2) is 23.6 Å². The maximum atomic E-state index is 12.4. The number of carbonyl (C=O) groups excluding carboxylic acids is 1. The zero-order valence-electron chi connectivity index (χ0n) is 13.3. The van der Waals surface area contributed by atoms with E-state index >= 15 is 0 Å². The fourth-order valence-corrected chi connectivity index (χ4v) is 3.93. The number of carbonyl (C=O) groups is 1. The monoisotopic (exact) mass is 386 g/mol. The van der Waals surface area contributed by atoms with Gasteiger partial charge in [0.05, 0.1) is 33.0 Å². The van der Waals surface area contributed by atoms with E-state index in [0.29, 0.717) is 33.3 Å². The molecule has 0 bridgehead atoms. The highest BCUT2D eigenvalue weighted by Gasteiger charge is 2.33. The summed E-state index contributed by atoms with van der Waals surface area (Å²) < 4.78 is 2.13. The molecule has 2 atom stereocenters. The number of anilines is 1. The first-order valence-electron chi connectivity index (χ1n) is 7.86. The van der Waals surface area contributed by atoms with Gasteiger partial charge >= 0.3 is 0 Å². The van der Waals surface area contributed by atoms with Crippen molar-refractivity contribution < 1.29 is 9.69 Å². The maximum Gasteiger partial charge on any atom is 0.279 e. The number of likely N-dealkylation sites (tertiary alicyclic amines) is 1.